The lowest BCUT2D eigenvalue weighted by Crippen LogP contribution is -2.42. The number of methoxy groups -OCH3 is 2. The number of ether oxygens (including phenoxy) is 3. The maximum atomic E-state index is 11.3. The molecule has 1 amide bonds. The Morgan fingerprint density at radius 2 is 2.00 bits per heavy atom. The highest BCUT2D eigenvalue weighted by Crippen LogP contribution is 2.22. The van der Waals surface area contributed by atoms with E-state index in [1.165, 1.54) is 26.0 Å². The zero-order valence-electron chi connectivity index (χ0n) is 9.06. The molecule has 1 rings (SSSR count). The van der Waals surface area contributed by atoms with Gasteiger partial charge in [0.2, 0.25) is 0 Å². The fourth-order valence-electron chi connectivity index (χ4n) is 1.66. The van der Waals surface area contributed by atoms with Gasteiger partial charge in [-0.05, 0) is 0 Å². The molecule has 0 bridgehead atoms. The molecular formula is C9H15NO5. The molecule has 6 heteroatoms. The summed E-state index contributed by atoms with van der Waals surface area (Å²) < 4.78 is 14.7. The fourth-order valence-corrected chi connectivity index (χ4v) is 1.66. The van der Waals surface area contributed by atoms with Gasteiger partial charge in [-0.2, -0.15) is 0 Å². The van der Waals surface area contributed by atoms with Crippen LogP contribution in [0.15, 0.2) is 0 Å². The van der Waals surface area contributed by atoms with E-state index in [4.69, 9.17) is 9.47 Å². The first-order valence-electron chi connectivity index (χ1n) is 4.64. The first-order valence-corrected chi connectivity index (χ1v) is 4.64. The Morgan fingerprint density at radius 3 is 2.47 bits per heavy atom. The molecule has 0 spiro atoms. The normalized spacial score (nSPS) is 25.1. The quantitative estimate of drug-likeness (QED) is 0.625. The van der Waals surface area contributed by atoms with Gasteiger partial charge in [-0.3, -0.25) is 9.69 Å². The van der Waals surface area contributed by atoms with Crippen molar-refractivity contribution in [2.24, 2.45) is 0 Å². The molecule has 0 aromatic heterocycles. The van der Waals surface area contributed by atoms with Gasteiger partial charge in [0.25, 0.3) is 0 Å². The van der Waals surface area contributed by atoms with E-state index in [0.29, 0.717) is 13.0 Å². The Morgan fingerprint density at radius 1 is 1.33 bits per heavy atom. The Hall–Kier alpha value is -1.30. The van der Waals surface area contributed by atoms with Crippen molar-refractivity contribution in [2.75, 3.05) is 20.8 Å². The van der Waals surface area contributed by atoms with Gasteiger partial charge in [-0.25, -0.2) is 4.79 Å². The summed E-state index contributed by atoms with van der Waals surface area (Å²) in [5.74, 6) is -0.381. The molecule has 86 valence electrons. The zero-order chi connectivity index (χ0) is 11.4. The molecule has 1 saturated heterocycles. The van der Waals surface area contributed by atoms with Gasteiger partial charge in [0.05, 0.1) is 7.11 Å². The van der Waals surface area contributed by atoms with Crippen LogP contribution in [0.25, 0.3) is 0 Å². The van der Waals surface area contributed by atoms with Gasteiger partial charge in [0.15, 0.2) is 6.23 Å². The number of nitrogens with zero attached hydrogens (tertiary/aromatic N) is 1. The first-order chi connectivity index (χ1) is 7.10. The summed E-state index contributed by atoms with van der Waals surface area (Å²) in [6.45, 7) is 1.79. The Kier molecular flexibility index (Phi) is 3.90. The average molecular weight is 217 g/mol. The number of carbonyl (C=O) groups is 2. The molecule has 15 heavy (non-hydrogen) atoms. The topological polar surface area (TPSA) is 65.1 Å². The molecule has 1 aliphatic rings. The molecule has 0 aromatic carbocycles. The number of hydrogen-bond donors (Lipinski definition) is 0. The van der Waals surface area contributed by atoms with Crippen molar-refractivity contribution in [2.45, 2.75) is 25.7 Å². The fraction of sp³-hybridized carbons (Fsp3) is 0.778. The van der Waals surface area contributed by atoms with Crippen molar-refractivity contribution in [3.8, 4) is 0 Å². The van der Waals surface area contributed by atoms with E-state index < -0.39 is 18.4 Å². The summed E-state index contributed by atoms with van der Waals surface area (Å²) in [6, 6.07) is 0. The van der Waals surface area contributed by atoms with Crippen molar-refractivity contribution in [1.82, 2.24) is 4.90 Å². The molecule has 6 nitrogen and oxygen atoms in total. The van der Waals surface area contributed by atoms with Crippen LogP contribution in [0.5, 0.6) is 0 Å². The van der Waals surface area contributed by atoms with Crippen molar-refractivity contribution in [3.05, 3.63) is 0 Å². The van der Waals surface area contributed by atoms with Crippen LogP contribution in [-0.2, 0) is 19.0 Å². The molecule has 0 N–H and O–H groups in total. The van der Waals surface area contributed by atoms with E-state index >= 15 is 0 Å². The van der Waals surface area contributed by atoms with E-state index in [0.717, 1.165) is 0 Å². The molecule has 1 aliphatic heterocycles. The number of likely N-dealkylation sites (tertiary alicyclic amines) is 1. The summed E-state index contributed by atoms with van der Waals surface area (Å²) in [5, 5.41) is 0. The summed E-state index contributed by atoms with van der Waals surface area (Å²) in [6.07, 6.45) is -0.878. The van der Waals surface area contributed by atoms with Gasteiger partial charge >= 0.3 is 12.1 Å². The van der Waals surface area contributed by atoms with Crippen LogP contribution < -0.4 is 0 Å². The standard InChI is InChI=1S/C9H15NO5/c1-6(11)15-7-4-5-10(8(7)13-2)9(12)14-3/h7-8H,4-5H2,1-3H3/t7-,8?/m1/s1. The molecule has 0 radical (unpaired) electrons. The van der Waals surface area contributed by atoms with Crippen LogP contribution >= 0.6 is 0 Å². The minimum absolute atomic E-state index is 0.381. The molecule has 1 heterocycles. The van der Waals surface area contributed by atoms with Gasteiger partial charge in [0, 0.05) is 27.0 Å². The lowest BCUT2D eigenvalue weighted by Gasteiger charge is -2.24. The van der Waals surface area contributed by atoms with Crippen LogP contribution in [-0.4, -0.2) is 50.1 Å². The third-order valence-electron chi connectivity index (χ3n) is 2.25. The molecule has 0 saturated carbocycles. The highest BCUT2D eigenvalue weighted by atomic mass is 16.6. The second-order valence-electron chi connectivity index (χ2n) is 3.23. The lowest BCUT2D eigenvalue weighted by molar-refractivity contribution is -0.155. The summed E-state index contributed by atoms with van der Waals surface area (Å²) in [4.78, 5) is 23.5. The van der Waals surface area contributed by atoms with Crippen LogP contribution in [0, 0.1) is 0 Å². The number of rotatable bonds is 2. The molecule has 0 aromatic rings. The summed E-state index contributed by atoms with van der Waals surface area (Å²) in [5.41, 5.74) is 0. The van der Waals surface area contributed by atoms with Crippen LogP contribution in [0.3, 0.4) is 0 Å². The average Bonchev–Trinajstić information content (AvgIpc) is 2.58. The SMILES string of the molecule is COC(=O)N1CC[C@@H](OC(C)=O)C1OC. The van der Waals surface area contributed by atoms with Gasteiger partial charge in [-0.1, -0.05) is 0 Å². The molecule has 1 unspecified atom stereocenters. The van der Waals surface area contributed by atoms with Crippen molar-refractivity contribution < 1.29 is 23.8 Å². The Balaban J connectivity index is 2.64. The number of hydrogen-bond acceptors (Lipinski definition) is 5. The third kappa shape index (κ3) is 2.59. The molecular weight excluding hydrogens is 202 g/mol. The van der Waals surface area contributed by atoms with E-state index in [2.05, 4.69) is 4.74 Å². The number of amides is 1. The highest BCUT2D eigenvalue weighted by molar-refractivity contribution is 5.69. The predicted octanol–water partition coefficient (Wildman–Crippen LogP) is 0.363. The second kappa shape index (κ2) is 4.97. The van der Waals surface area contributed by atoms with Crippen LogP contribution in [0.1, 0.15) is 13.3 Å². The van der Waals surface area contributed by atoms with E-state index in [1.54, 1.807) is 0 Å². The van der Waals surface area contributed by atoms with Gasteiger partial charge < -0.3 is 14.2 Å². The maximum absolute atomic E-state index is 11.3. The van der Waals surface area contributed by atoms with E-state index in [-0.39, 0.29) is 5.97 Å². The van der Waals surface area contributed by atoms with Crippen molar-refractivity contribution in [1.29, 1.82) is 0 Å². The van der Waals surface area contributed by atoms with Crippen LogP contribution in [0.4, 0.5) is 4.79 Å². The molecule has 0 aliphatic carbocycles. The van der Waals surface area contributed by atoms with Gasteiger partial charge in [0.1, 0.15) is 6.10 Å². The zero-order valence-corrected chi connectivity index (χ0v) is 9.06. The summed E-state index contributed by atoms with van der Waals surface area (Å²) in [7, 11) is 2.76. The second-order valence-corrected chi connectivity index (χ2v) is 3.23. The molecule has 2 atom stereocenters. The van der Waals surface area contributed by atoms with Crippen molar-refractivity contribution in [3.63, 3.8) is 0 Å². The van der Waals surface area contributed by atoms with Crippen LogP contribution in [0.2, 0.25) is 0 Å². The maximum Gasteiger partial charge on any atom is 0.411 e. The predicted molar refractivity (Wildman–Crippen MR) is 50.1 cm³/mol. The number of carbonyl (C=O) groups excluding carboxylic acids is 2. The summed E-state index contributed by atoms with van der Waals surface area (Å²) >= 11 is 0. The lowest BCUT2D eigenvalue weighted by atomic mass is 10.3. The highest BCUT2D eigenvalue weighted by Gasteiger charge is 2.39. The Labute approximate surface area is 88.1 Å². The third-order valence-corrected chi connectivity index (χ3v) is 2.25. The Bertz CT molecular complexity index is 255. The van der Waals surface area contributed by atoms with E-state index in [1.807, 2.05) is 0 Å². The minimum atomic E-state index is -0.554. The minimum Gasteiger partial charge on any atom is -0.458 e. The number of esters is 1. The first kappa shape index (κ1) is 11.8. The monoisotopic (exact) mass is 217 g/mol. The molecule has 1 fully saturated rings. The smallest absolute Gasteiger partial charge is 0.411 e. The largest absolute Gasteiger partial charge is 0.458 e. The van der Waals surface area contributed by atoms with Gasteiger partial charge in [-0.15, -0.1) is 0 Å². The van der Waals surface area contributed by atoms with Crippen molar-refractivity contribution >= 4 is 12.1 Å². The van der Waals surface area contributed by atoms with E-state index in [9.17, 15) is 9.59 Å².